The van der Waals surface area contributed by atoms with Gasteiger partial charge in [-0.15, -0.1) is 10.2 Å². The van der Waals surface area contributed by atoms with E-state index in [1.54, 1.807) is 0 Å². The van der Waals surface area contributed by atoms with Gasteiger partial charge in [-0.3, -0.25) is 4.79 Å². The Labute approximate surface area is 176 Å². The Morgan fingerprint density at radius 1 is 1.07 bits per heavy atom. The second-order valence-corrected chi connectivity index (χ2v) is 7.66. The van der Waals surface area contributed by atoms with Crippen LogP contribution in [-0.2, 0) is 11.3 Å². The highest BCUT2D eigenvalue weighted by Crippen LogP contribution is 2.32. The Hall–Kier alpha value is -1.73. The minimum atomic E-state index is -0.229. The molecule has 0 saturated heterocycles. The van der Waals surface area contributed by atoms with E-state index >= 15 is 0 Å². The van der Waals surface area contributed by atoms with Crippen molar-refractivity contribution in [2.75, 3.05) is 11.1 Å². The van der Waals surface area contributed by atoms with Gasteiger partial charge < -0.3 is 9.88 Å². The highest BCUT2D eigenvalue weighted by atomic mass is 35.5. The van der Waals surface area contributed by atoms with E-state index in [2.05, 4.69) is 15.5 Å². The molecular formula is C18H15Cl3N4OS. The van der Waals surface area contributed by atoms with Crippen molar-refractivity contribution in [2.45, 2.75) is 18.6 Å². The minimum absolute atomic E-state index is 0.156. The van der Waals surface area contributed by atoms with Crippen molar-refractivity contribution in [3.8, 4) is 11.4 Å². The summed E-state index contributed by atoms with van der Waals surface area (Å²) in [6, 6.07) is 12.8. The number of carbonyl (C=O) groups is 1. The molecule has 3 aromatic rings. The number of hydrogen-bond acceptors (Lipinski definition) is 4. The number of benzene rings is 2. The van der Waals surface area contributed by atoms with Crippen molar-refractivity contribution in [3.63, 3.8) is 0 Å². The van der Waals surface area contributed by atoms with Crippen molar-refractivity contribution in [1.82, 2.24) is 14.8 Å². The van der Waals surface area contributed by atoms with Crippen LogP contribution in [0.25, 0.3) is 11.4 Å². The number of aromatic nitrogens is 3. The van der Waals surface area contributed by atoms with Crippen molar-refractivity contribution in [2.24, 2.45) is 0 Å². The fourth-order valence-electron chi connectivity index (χ4n) is 2.42. The molecule has 1 aromatic heterocycles. The van der Waals surface area contributed by atoms with Crippen LogP contribution in [0.1, 0.15) is 6.92 Å². The molecule has 1 N–H and O–H groups in total. The maximum Gasteiger partial charge on any atom is 0.234 e. The molecule has 27 heavy (non-hydrogen) atoms. The van der Waals surface area contributed by atoms with Gasteiger partial charge in [0.15, 0.2) is 11.0 Å². The van der Waals surface area contributed by atoms with Crippen LogP contribution in [0.15, 0.2) is 47.6 Å². The Bertz CT molecular complexity index is 963. The summed E-state index contributed by atoms with van der Waals surface area (Å²) in [5.74, 6) is 0.699. The molecule has 3 rings (SSSR count). The Morgan fingerprint density at radius 2 is 1.78 bits per heavy atom. The van der Waals surface area contributed by atoms with Gasteiger partial charge in [-0.05, 0) is 19.1 Å². The SMILES string of the molecule is CCn1c(SCC(=O)Nc2cc(Cl)c(Cl)cc2Cl)nnc1-c1ccccc1. The fourth-order valence-corrected chi connectivity index (χ4v) is 3.81. The standard InChI is InChI=1S/C18H15Cl3N4OS/c1-2-25-17(11-6-4-3-5-7-11)23-24-18(25)27-10-16(26)22-15-9-13(20)12(19)8-14(15)21/h3-9H,2,10H2,1H3,(H,22,26). The van der Waals surface area contributed by atoms with Gasteiger partial charge in [-0.2, -0.15) is 0 Å². The lowest BCUT2D eigenvalue weighted by molar-refractivity contribution is -0.113. The average molecular weight is 442 g/mol. The van der Waals surface area contributed by atoms with Crippen molar-refractivity contribution in [1.29, 1.82) is 0 Å². The molecule has 9 heteroatoms. The van der Waals surface area contributed by atoms with Gasteiger partial charge in [0.25, 0.3) is 0 Å². The molecule has 0 aliphatic carbocycles. The number of amides is 1. The molecule has 0 spiro atoms. The fraction of sp³-hybridized carbons (Fsp3) is 0.167. The molecule has 0 bridgehead atoms. The predicted molar refractivity (Wildman–Crippen MR) is 112 cm³/mol. The van der Waals surface area contributed by atoms with E-state index in [1.807, 2.05) is 41.8 Å². The van der Waals surface area contributed by atoms with Crippen molar-refractivity contribution < 1.29 is 4.79 Å². The van der Waals surface area contributed by atoms with E-state index in [-0.39, 0.29) is 11.7 Å². The number of carbonyl (C=O) groups excluding carboxylic acids is 1. The summed E-state index contributed by atoms with van der Waals surface area (Å²) in [5.41, 5.74) is 1.39. The number of thioether (sulfide) groups is 1. The molecule has 5 nitrogen and oxygen atoms in total. The summed E-state index contributed by atoms with van der Waals surface area (Å²) in [5, 5.41) is 12.9. The van der Waals surface area contributed by atoms with Gasteiger partial charge >= 0.3 is 0 Å². The monoisotopic (exact) mass is 440 g/mol. The molecule has 2 aromatic carbocycles. The quantitative estimate of drug-likeness (QED) is 0.396. The van der Waals surface area contributed by atoms with E-state index in [0.717, 1.165) is 11.4 Å². The lowest BCUT2D eigenvalue weighted by Crippen LogP contribution is -2.15. The smallest absolute Gasteiger partial charge is 0.234 e. The van der Waals surface area contributed by atoms with Crippen LogP contribution in [0.4, 0.5) is 5.69 Å². The third-order valence-electron chi connectivity index (χ3n) is 3.68. The summed E-state index contributed by atoms with van der Waals surface area (Å²) < 4.78 is 1.97. The molecule has 0 aliphatic rings. The van der Waals surface area contributed by atoms with Gasteiger partial charge in [0.2, 0.25) is 5.91 Å². The third-order valence-corrected chi connectivity index (χ3v) is 5.68. The Balaban J connectivity index is 1.69. The maximum atomic E-state index is 12.3. The van der Waals surface area contributed by atoms with Crippen LogP contribution in [-0.4, -0.2) is 26.4 Å². The topological polar surface area (TPSA) is 59.8 Å². The summed E-state index contributed by atoms with van der Waals surface area (Å²) in [6.45, 7) is 2.70. The van der Waals surface area contributed by atoms with E-state index in [9.17, 15) is 4.79 Å². The maximum absolute atomic E-state index is 12.3. The summed E-state index contributed by atoms with van der Waals surface area (Å²) >= 11 is 19.3. The van der Waals surface area contributed by atoms with Crippen LogP contribution >= 0.6 is 46.6 Å². The molecule has 0 unspecified atom stereocenters. The first-order valence-electron chi connectivity index (χ1n) is 8.05. The summed E-state index contributed by atoms with van der Waals surface area (Å²) in [6.07, 6.45) is 0. The van der Waals surface area contributed by atoms with Crippen molar-refractivity contribution >= 4 is 58.2 Å². The van der Waals surface area contributed by atoms with Gasteiger partial charge in [0, 0.05) is 12.1 Å². The highest BCUT2D eigenvalue weighted by molar-refractivity contribution is 7.99. The number of nitrogens with one attached hydrogen (secondary N) is 1. The van der Waals surface area contributed by atoms with E-state index in [1.165, 1.54) is 23.9 Å². The lowest BCUT2D eigenvalue weighted by atomic mass is 10.2. The van der Waals surface area contributed by atoms with E-state index in [4.69, 9.17) is 34.8 Å². The summed E-state index contributed by atoms with van der Waals surface area (Å²) in [4.78, 5) is 12.3. The summed E-state index contributed by atoms with van der Waals surface area (Å²) in [7, 11) is 0. The lowest BCUT2D eigenvalue weighted by Gasteiger charge is -2.09. The van der Waals surface area contributed by atoms with Crippen LogP contribution in [0, 0.1) is 0 Å². The molecule has 140 valence electrons. The largest absolute Gasteiger partial charge is 0.324 e. The van der Waals surface area contributed by atoms with Gasteiger partial charge in [0.1, 0.15) is 0 Å². The number of rotatable bonds is 6. The van der Waals surface area contributed by atoms with E-state index < -0.39 is 0 Å². The van der Waals surface area contributed by atoms with Gasteiger partial charge in [0.05, 0.1) is 26.5 Å². The Kier molecular flexibility index (Phi) is 6.65. The zero-order chi connectivity index (χ0) is 19.4. The van der Waals surface area contributed by atoms with Gasteiger partial charge in [-0.25, -0.2) is 0 Å². The molecular weight excluding hydrogens is 427 g/mol. The zero-order valence-electron chi connectivity index (χ0n) is 14.2. The molecule has 1 heterocycles. The van der Waals surface area contributed by atoms with E-state index in [0.29, 0.717) is 32.5 Å². The molecule has 0 radical (unpaired) electrons. The third kappa shape index (κ3) is 4.76. The zero-order valence-corrected chi connectivity index (χ0v) is 17.3. The van der Waals surface area contributed by atoms with Crippen LogP contribution in [0.3, 0.4) is 0 Å². The molecule has 0 fully saturated rings. The van der Waals surface area contributed by atoms with Crippen LogP contribution < -0.4 is 5.32 Å². The van der Waals surface area contributed by atoms with Crippen LogP contribution in [0.2, 0.25) is 15.1 Å². The van der Waals surface area contributed by atoms with Crippen LogP contribution in [0.5, 0.6) is 0 Å². The molecule has 0 saturated carbocycles. The number of hydrogen-bond donors (Lipinski definition) is 1. The first kappa shape index (κ1) is 20.0. The van der Waals surface area contributed by atoms with Crippen molar-refractivity contribution in [3.05, 3.63) is 57.5 Å². The average Bonchev–Trinajstić information content (AvgIpc) is 3.08. The predicted octanol–water partition coefficient (Wildman–Crippen LogP) is 5.66. The highest BCUT2D eigenvalue weighted by Gasteiger charge is 2.15. The first-order valence-corrected chi connectivity index (χ1v) is 10.2. The molecule has 1 amide bonds. The normalized spacial score (nSPS) is 10.8. The second kappa shape index (κ2) is 8.97. The van der Waals surface area contributed by atoms with Gasteiger partial charge in [-0.1, -0.05) is 76.9 Å². The second-order valence-electron chi connectivity index (χ2n) is 5.50. The number of halogens is 3. The molecule has 0 aliphatic heterocycles. The Morgan fingerprint density at radius 3 is 2.48 bits per heavy atom. The minimum Gasteiger partial charge on any atom is -0.324 e. The number of anilines is 1. The molecule has 0 atom stereocenters. The number of nitrogens with zero attached hydrogens (tertiary/aromatic N) is 3. The first-order chi connectivity index (χ1) is 13.0.